The highest BCUT2D eigenvalue weighted by atomic mass is 32.1. The summed E-state index contributed by atoms with van der Waals surface area (Å²) in [5, 5.41) is 15.1. The summed E-state index contributed by atoms with van der Waals surface area (Å²) >= 11 is 1.52. The fraction of sp³-hybridized carbons (Fsp3) is 0.250. The number of carbonyl (C=O) groups excluding carboxylic acids is 2. The Hall–Kier alpha value is -2.92. The normalized spacial score (nSPS) is 22.1. The molecule has 1 unspecified atom stereocenters. The molecular weight excluding hydrogens is 382 g/mol. The zero-order valence-electron chi connectivity index (χ0n) is 15.9. The van der Waals surface area contributed by atoms with Crippen LogP contribution in [0.4, 0.5) is 0 Å². The Morgan fingerprint density at radius 1 is 0.966 bits per heavy atom. The Morgan fingerprint density at radius 2 is 1.72 bits per heavy atom. The lowest BCUT2D eigenvalue weighted by molar-refractivity contribution is -0.141. The van der Waals surface area contributed by atoms with Crippen LogP contribution in [0.15, 0.2) is 65.6 Å². The number of likely N-dealkylation sites (tertiary alicyclic amines) is 1. The molecular formula is C24H21NO3S. The number of rotatable bonds is 3. The first kappa shape index (κ1) is 18.1. The number of aliphatic hydroxyl groups excluding tert-OH is 1. The van der Waals surface area contributed by atoms with Crippen LogP contribution in [0.1, 0.15) is 42.2 Å². The number of fused-ring (bicyclic) bond motifs is 1. The molecule has 0 spiro atoms. The van der Waals surface area contributed by atoms with Gasteiger partial charge < -0.3 is 10.0 Å². The fourth-order valence-electron chi connectivity index (χ4n) is 4.71. The quantitative estimate of drug-likeness (QED) is 0.368. The molecule has 1 amide bonds. The highest BCUT2D eigenvalue weighted by molar-refractivity contribution is 7.10. The van der Waals surface area contributed by atoms with Gasteiger partial charge in [-0.1, -0.05) is 61.4 Å². The molecule has 1 saturated heterocycles. The average Bonchev–Trinajstić information content (AvgIpc) is 3.49. The zero-order chi connectivity index (χ0) is 20.0. The molecule has 2 aliphatic rings. The third kappa shape index (κ3) is 2.88. The van der Waals surface area contributed by atoms with E-state index in [1.807, 2.05) is 60.0 Å². The molecule has 146 valence electrons. The molecule has 0 radical (unpaired) electrons. The molecule has 1 aliphatic carbocycles. The summed E-state index contributed by atoms with van der Waals surface area (Å²) in [7, 11) is 0. The Bertz CT molecular complexity index is 1120. The molecule has 5 rings (SSSR count). The maximum Gasteiger partial charge on any atom is 0.295 e. The molecule has 0 bridgehead atoms. The van der Waals surface area contributed by atoms with E-state index < -0.39 is 17.7 Å². The minimum absolute atomic E-state index is 0.0522. The Labute approximate surface area is 173 Å². The van der Waals surface area contributed by atoms with Gasteiger partial charge in [0.05, 0.1) is 11.6 Å². The maximum absolute atomic E-state index is 13.1. The van der Waals surface area contributed by atoms with Gasteiger partial charge in [-0.25, -0.2) is 0 Å². The zero-order valence-corrected chi connectivity index (χ0v) is 16.7. The van der Waals surface area contributed by atoms with Crippen molar-refractivity contribution in [1.29, 1.82) is 0 Å². The number of Topliss-reactive ketones (excluding diaryl/α,β-unsaturated/α-hetero) is 1. The van der Waals surface area contributed by atoms with Crippen molar-refractivity contribution in [3.63, 3.8) is 0 Å². The van der Waals surface area contributed by atoms with Gasteiger partial charge in [-0.15, -0.1) is 11.3 Å². The SMILES string of the molecule is O=C1C(=O)N(C2CCCC2)C(c2cccs2)/C1=C(/O)c1cccc2ccccc12. The first-order valence-electron chi connectivity index (χ1n) is 9.98. The van der Waals surface area contributed by atoms with Gasteiger partial charge in [-0.3, -0.25) is 9.59 Å². The largest absolute Gasteiger partial charge is 0.507 e. The molecule has 1 N–H and O–H groups in total. The van der Waals surface area contributed by atoms with Gasteiger partial charge in [-0.05, 0) is 35.1 Å². The molecule has 4 nitrogen and oxygen atoms in total. The molecule has 2 fully saturated rings. The third-order valence-corrected chi connectivity index (χ3v) is 6.98. The van der Waals surface area contributed by atoms with Gasteiger partial charge in [0.15, 0.2) is 0 Å². The smallest absolute Gasteiger partial charge is 0.295 e. The molecule has 1 saturated carbocycles. The first-order chi connectivity index (χ1) is 14.2. The summed E-state index contributed by atoms with van der Waals surface area (Å²) in [5.74, 6) is -1.16. The summed E-state index contributed by atoms with van der Waals surface area (Å²) in [6.45, 7) is 0. The van der Waals surface area contributed by atoms with Gasteiger partial charge in [0.2, 0.25) is 0 Å². The highest BCUT2D eigenvalue weighted by Gasteiger charge is 2.49. The lowest BCUT2D eigenvalue weighted by Crippen LogP contribution is -2.37. The Morgan fingerprint density at radius 3 is 2.48 bits per heavy atom. The summed E-state index contributed by atoms with van der Waals surface area (Å²) in [4.78, 5) is 28.8. The van der Waals surface area contributed by atoms with E-state index in [-0.39, 0.29) is 17.4 Å². The second-order valence-electron chi connectivity index (χ2n) is 7.69. The molecule has 1 aromatic heterocycles. The van der Waals surface area contributed by atoms with Crippen molar-refractivity contribution in [3.05, 3.63) is 76.0 Å². The summed E-state index contributed by atoms with van der Waals surface area (Å²) in [6.07, 6.45) is 3.94. The topological polar surface area (TPSA) is 57.6 Å². The van der Waals surface area contributed by atoms with Crippen LogP contribution in [0.2, 0.25) is 0 Å². The number of carbonyl (C=O) groups is 2. The van der Waals surface area contributed by atoms with E-state index in [4.69, 9.17) is 0 Å². The molecule has 1 atom stereocenters. The van der Waals surface area contributed by atoms with Crippen LogP contribution in [0.3, 0.4) is 0 Å². The van der Waals surface area contributed by atoms with Crippen LogP contribution in [0.25, 0.3) is 16.5 Å². The third-order valence-electron chi connectivity index (χ3n) is 6.06. The summed E-state index contributed by atoms with van der Waals surface area (Å²) < 4.78 is 0. The second kappa shape index (κ2) is 7.16. The van der Waals surface area contributed by atoms with Gasteiger partial charge in [0, 0.05) is 16.5 Å². The van der Waals surface area contributed by atoms with Crippen molar-refractivity contribution in [2.75, 3.05) is 0 Å². The lowest BCUT2D eigenvalue weighted by atomic mass is 9.96. The van der Waals surface area contributed by atoms with E-state index in [1.54, 1.807) is 4.90 Å². The Kier molecular flexibility index (Phi) is 4.47. The van der Waals surface area contributed by atoms with E-state index in [2.05, 4.69) is 0 Å². The number of ketones is 1. The van der Waals surface area contributed by atoms with Crippen molar-refractivity contribution < 1.29 is 14.7 Å². The number of nitrogens with zero attached hydrogens (tertiary/aromatic N) is 1. The van der Waals surface area contributed by atoms with Gasteiger partial charge in [0.25, 0.3) is 11.7 Å². The number of hydrogen-bond acceptors (Lipinski definition) is 4. The van der Waals surface area contributed by atoms with E-state index in [9.17, 15) is 14.7 Å². The standard InChI is InChI=1S/C24H21NO3S/c26-22(18-12-5-8-15-7-1-4-11-17(15)18)20-21(19-13-6-14-29-19)25(24(28)23(20)27)16-9-2-3-10-16/h1,4-8,11-14,16,21,26H,2-3,9-10H2/b22-20-. The minimum Gasteiger partial charge on any atom is -0.507 e. The molecule has 2 heterocycles. The van der Waals surface area contributed by atoms with Crippen molar-refractivity contribution >= 4 is 39.6 Å². The van der Waals surface area contributed by atoms with Crippen molar-refractivity contribution in [3.8, 4) is 0 Å². The first-order valence-corrected chi connectivity index (χ1v) is 10.9. The van der Waals surface area contributed by atoms with Gasteiger partial charge in [0.1, 0.15) is 5.76 Å². The monoisotopic (exact) mass is 403 g/mol. The Balaban J connectivity index is 1.72. The minimum atomic E-state index is -0.583. The number of aliphatic hydroxyl groups is 1. The predicted molar refractivity (Wildman–Crippen MR) is 115 cm³/mol. The van der Waals surface area contributed by atoms with E-state index >= 15 is 0 Å². The van der Waals surface area contributed by atoms with E-state index in [1.165, 1.54) is 11.3 Å². The van der Waals surface area contributed by atoms with Crippen molar-refractivity contribution in [1.82, 2.24) is 4.90 Å². The number of thiophene rings is 1. The number of amides is 1. The van der Waals surface area contributed by atoms with Crippen molar-refractivity contribution in [2.24, 2.45) is 0 Å². The number of benzene rings is 2. The van der Waals surface area contributed by atoms with Crippen molar-refractivity contribution in [2.45, 2.75) is 37.8 Å². The summed E-state index contributed by atoms with van der Waals surface area (Å²) in [6, 6.07) is 16.8. The van der Waals surface area contributed by atoms with Crippen LogP contribution in [-0.2, 0) is 9.59 Å². The maximum atomic E-state index is 13.1. The van der Waals surface area contributed by atoms with Crippen LogP contribution in [-0.4, -0.2) is 27.7 Å². The van der Waals surface area contributed by atoms with Crippen LogP contribution < -0.4 is 0 Å². The van der Waals surface area contributed by atoms with Gasteiger partial charge in [-0.2, -0.15) is 0 Å². The van der Waals surface area contributed by atoms with Crippen LogP contribution >= 0.6 is 11.3 Å². The van der Waals surface area contributed by atoms with E-state index in [0.717, 1.165) is 41.3 Å². The second-order valence-corrected chi connectivity index (χ2v) is 8.67. The molecule has 2 aromatic carbocycles. The lowest BCUT2D eigenvalue weighted by Gasteiger charge is -2.29. The summed E-state index contributed by atoms with van der Waals surface area (Å²) in [5.41, 5.74) is 0.801. The fourth-order valence-corrected chi connectivity index (χ4v) is 5.54. The van der Waals surface area contributed by atoms with E-state index in [0.29, 0.717) is 5.56 Å². The molecule has 1 aliphatic heterocycles. The highest BCUT2D eigenvalue weighted by Crippen LogP contribution is 2.45. The molecule has 29 heavy (non-hydrogen) atoms. The molecule has 3 aromatic rings. The molecule has 5 heteroatoms. The average molecular weight is 404 g/mol. The van der Waals surface area contributed by atoms with Gasteiger partial charge >= 0.3 is 0 Å². The predicted octanol–water partition coefficient (Wildman–Crippen LogP) is 5.27. The number of hydrogen-bond donors (Lipinski definition) is 1. The van der Waals surface area contributed by atoms with Crippen LogP contribution in [0.5, 0.6) is 0 Å². The van der Waals surface area contributed by atoms with Crippen LogP contribution in [0, 0.1) is 0 Å².